The summed E-state index contributed by atoms with van der Waals surface area (Å²) in [4.78, 5) is 14.1. The molecule has 0 bridgehead atoms. The Bertz CT molecular complexity index is 649. The molecule has 3 nitrogen and oxygen atoms in total. The predicted octanol–water partition coefficient (Wildman–Crippen LogP) is 3.65. The second-order valence-electron chi connectivity index (χ2n) is 5.09. The van der Waals surface area contributed by atoms with Crippen LogP contribution in [0.15, 0.2) is 72.5 Å². The van der Waals surface area contributed by atoms with E-state index in [1.54, 1.807) is 11.0 Å². The van der Waals surface area contributed by atoms with E-state index >= 15 is 0 Å². The zero-order chi connectivity index (χ0) is 14.7. The first kappa shape index (κ1) is 13.4. The Labute approximate surface area is 124 Å². The van der Waals surface area contributed by atoms with E-state index in [4.69, 9.17) is 4.74 Å². The van der Waals surface area contributed by atoms with Gasteiger partial charge in [-0.1, -0.05) is 60.7 Å². The number of hydrogen-bond acceptors (Lipinski definition) is 2. The summed E-state index contributed by atoms with van der Waals surface area (Å²) < 4.78 is 5.89. The van der Waals surface area contributed by atoms with Gasteiger partial charge >= 0.3 is 0 Å². The number of nitrogens with zero attached hydrogens (tertiary/aromatic N) is 1. The van der Waals surface area contributed by atoms with Gasteiger partial charge in [0, 0.05) is 18.2 Å². The SMILES string of the molecule is CC1=CC(=O)N(Cc2ccccc2)C(c2ccccc2)O1. The van der Waals surface area contributed by atoms with E-state index < -0.39 is 0 Å². The molecule has 3 heteroatoms. The largest absolute Gasteiger partial charge is 0.471 e. The number of ether oxygens (including phenoxy) is 1. The molecule has 1 unspecified atom stereocenters. The molecule has 1 aliphatic heterocycles. The van der Waals surface area contributed by atoms with Crippen molar-refractivity contribution in [1.82, 2.24) is 4.90 Å². The maximum absolute atomic E-state index is 12.4. The molecule has 1 aliphatic rings. The summed E-state index contributed by atoms with van der Waals surface area (Å²) in [5.74, 6) is 0.634. The Kier molecular flexibility index (Phi) is 3.73. The summed E-state index contributed by atoms with van der Waals surface area (Å²) in [6.07, 6.45) is 1.17. The van der Waals surface area contributed by atoms with Crippen LogP contribution in [0.25, 0.3) is 0 Å². The number of allylic oxidation sites excluding steroid dienone is 1. The zero-order valence-corrected chi connectivity index (χ0v) is 11.9. The van der Waals surface area contributed by atoms with E-state index in [0.717, 1.165) is 11.1 Å². The second kappa shape index (κ2) is 5.83. The average Bonchev–Trinajstić information content (AvgIpc) is 2.51. The number of carbonyl (C=O) groups excluding carboxylic acids is 1. The minimum atomic E-state index is -0.371. The van der Waals surface area contributed by atoms with Crippen molar-refractivity contribution >= 4 is 5.91 Å². The third-order valence-electron chi connectivity index (χ3n) is 3.47. The van der Waals surface area contributed by atoms with Crippen LogP contribution in [0.4, 0.5) is 0 Å². The molecule has 0 spiro atoms. The zero-order valence-electron chi connectivity index (χ0n) is 11.9. The molecule has 21 heavy (non-hydrogen) atoms. The Balaban J connectivity index is 1.92. The van der Waals surface area contributed by atoms with Gasteiger partial charge < -0.3 is 4.74 Å². The van der Waals surface area contributed by atoms with Gasteiger partial charge in [-0.2, -0.15) is 0 Å². The number of benzene rings is 2. The number of rotatable bonds is 3. The number of amides is 1. The van der Waals surface area contributed by atoms with Crippen LogP contribution in [0.3, 0.4) is 0 Å². The molecular formula is C18H17NO2. The van der Waals surface area contributed by atoms with Gasteiger partial charge in [-0.3, -0.25) is 9.69 Å². The minimum Gasteiger partial charge on any atom is -0.471 e. The van der Waals surface area contributed by atoms with Crippen LogP contribution in [-0.4, -0.2) is 10.8 Å². The molecule has 0 aromatic heterocycles. The normalized spacial score (nSPS) is 18.1. The van der Waals surface area contributed by atoms with E-state index in [2.05, 4.69) is 0 Å². The molecule has 2 aromatic carbocycles. The molecule has 1 atom stereocenters. The topological polar surface area (TPSA) is 29.5 Å². The van der Waals surface area contributed by atoms with E-state index in [1.807, 2.05) is 67.6 Å². The molecular weight excluding hydrogens is 262 g/mol. The van der Waals surface area contributed by atoms with Gasteiger partial charge in [0.15, 0.2) is 0 Å². The van der Waals surface area contributed by atoms with Gasteiger partial charge in [0.25, 0.3) is 5.91 Å². The molecule has 0 saturated carbocycles. The first-order valence-electron chi connectivity index (χ1n) is 6.98. The fraction of sp³-hybridized carbons (Fsp3) is 0.167. The monoisotopic (exact) mass is 279 g/mol. The fourth-order valence-electron chi connectivity index (χ4n) is 2.45. The van der Waals surface area contributed by atoms with Crippen molar-refractivity contribution in [1.29, 1.82) is 0 Å². The van der Waals surface area contributed by atoms with Crippen LogP contribution in [0.5, 0.6) is 0 Å². The van der Waals surface area contributed by atoms with Crippen molar-refractivity contribution in [2.24, 2.45) is 0 Å². The van der Waals surface area contributed by atoms with Gasteiger partial charge in [0.2, 0.25) is 6.23 Å². The van der Waals surface area contributed by atoms with Crippen LogP contribution in [-0.2, 0) is 16.1 Å². The lowest BCUT2D eigenvalue weighted by atomic mass is 10.1. The Morgan fingerprint density at radius 3 is 2.29 bits per heavy atom. The second-order valence-corrected chi connectivity index (χ2v) is 5.09. The van der Waals surface area contributed by atoms with Crippen LogP contribution < -0.4 is 0 Å². The van der Waals surface area contributed by atoms with Crippen molar-refractivity contribution in [2.75, 3.05) is 0 Å². The maximum Gasteiger partial charge on any atom is 0.253 e. The standard InChI is InChI=1S/C18H17NO2/c1-14-12-17(20)19(13-15-8-4-2-5-9-15)18(21-14)16-10-6-3-7-11-16/h2-12,18H,13H2,1H3. The van der Waals surface area contributed by atoms with E-state index in [0.29, 0.717) is 12.3 Å². The maximum atomic E-state index is 12.4. The molecule has 2 aromatic rings. The molecule has 0 radical (unpaired) electrons. The summed E-state index contributed by atoms with van der Waals surface area (Å²) in [5.41, 5.74) is 2.07. The van der Waals surface area contributed by atoms with Crippen LogP contribution in [0, 0.1) is 0 Å². The van der Waals surface area contributed by atoms with Crippen molar-refractivity contribution in [3.63, 3.8) is 0 Å². The van der Waals surface area contributed by atoms with Gasteiger partial charge in [0.1, 0.15) is 5.76 Å². The third kappa shape index (κ3) is 2.97. The van der Waals surface area contributed by atoms with E-state index in [1.165, 1.54) is 0 Å². The molecule has 1 amide bonds. The highest BCUT2D eigenvalue weighted by Gasteiger charge is 2.29. The Morgan fingerprint density at radius 2 is 1.62 bits per heavy atom. The lowest BCUT2D eigenvalue weighted by Crippen LogP contribution is -2.37. The Hall–Kier alpha value is -2.55. The summed E-state index contributed by atoms with van der Waals surface area (Å²) in [7, 11) is 0. The van der Waals surface area contributed by atoms with Gasteiger partial charge in [-0.05, 0) is 12.5 Å². The quantitative estimate of drug-likeness (QED) is 0.858. The molecule has 0 aliphatic carbocycles. The number of hydrogen-bond donors (Lipinski definition) is 0. The van der Waals surface area contributed by atoms with Gasteiger partial charge in [-0.15, -0.1) is 0 Å². The van der Waals surface area contributed by atoms with Crippen LogP contribution >= 0.6 is 0 Å². The summed E-state index contributed by atoms with van der Waals surface area (Å²) >= 11 is 0. The lowest BCUT2D eigenvalue weighted by Gasteiger charge is -2.35. The van der Waals surface area contributed by atoms with Crippen molar-refractivity contribution in [3.8, 4) is 0 Å². The minimum absolute atomic E-state index is 0.0172. The molecule has 0 saturated heterocycles. The fourth-order valence-corrected chi connectivity index (χ4v) is 2.45. The van der Waals surface area contributed by atoms with Crippen LogP contribution in [0.2, 0.25) is 0 Å². The van der Waals surface area contributed by atoms with Crippen molar-refractivity contribution in [2.45, 2.75) is 19.7 Å². The summed E-state index contributed by atoms with van der Waals surface area (Å²) in [6.45, 7) is 2.34. The van der Waals surface area contributed by atoms with Crippen molar-refractivity contribution < 1.29 is 9.53 Å². The summed E-state index contributed by atoms with van der Waals surface area (Å²) in [6, 6.07) is 19.8. The van der Waals surface area contributed by atoms with Crippen molar-refractivity contribution in [3.05, 3.63) is 83.6 Å². The lowest BCUT2D eigenvalue weighted by molar-refractivity contribution is -0.143. The third-order valence-corrected chi connectivity index (χ3v) is 3.47. The smallest absolute Gasteiger partial charge is 0.253 e. The first-order chi connectivity index (χ1) is 10.2. The molecule has 3 rings (SSSR count). The highest BCUT2D eigenvalue weighted by atomic mass is 16.5. The average molecular weight is 279 g/mol. The highest BCUT2D eigenvalue weighted by molar-refractivity contribution is 5.88. The Morgan fingerprint density at radius 1 is 1.00 bits per heavy atom. The molecule has 106 valence electrons. The van der Waals surface area contributed by atoms with Gasteiger partial charge in [0.05, 0.1) is 0 Å². The van der Waals surface area contributed by atoms with E-state index in [9.17, 15) is 4.79 Å². The highest BCUT2D eigenvalue weighted by Crippen LogP contribution is 2.30. The van der Waals surface area contributed by atoms with Crippen LogP contribution in [0.1, 0.15) is 24.3 Å². The predicted molar refractivity (Wildman–Crippen MR) is 81.0 cm³/mol. The van der Waals surface area contributed by atoms with Gasteiger partial charge in [-0.25, -0.2) is 0 Å². The number of carbonyl (C=O) groups is 1. The summed E-state index contributed by atoms with van der Waals surface area (Å²) in [5, 5.41) is 0. The first-order valence-corrected chi connectivity index (χ1v) is 6.98. The molecule has 0 fully saturated rings. The molecule has 1 heterocycles. The van der Waals surface area contributed by atoms with E-state index in [-0.39, 0.29) is 12.1 Å². The molecule has 0 N–H and O–H groups in total.